The van der Waals surface area contributed by atoms with Gasteiger partial charge in [0, 0.05) is 5.69 Å². The Bertz CT molecular complexity index is 479. The monoisotopic (exact) mass is 271 g/mol. The highest BCUT2D eigenvalue weighted by Gasteiger charge is 2.17. The van der Waals surface area contributed by atoms with E-state index in [0.29, 0.717) is 5.69 Å². The molecule has 0 spiro atoms. The number of amides is 1. The van der Waals surface area contributed by atoms with Gasteiger partial charge in [-0.05, 0) is 39.0 Å². The molecule has 1 aromatic rings. The third-order valence-electron chi connectivity index (χ3n) is 1.84. The van der Waals surface area contributed by atoms with Gasteiger partial charge in [0.05, 0.1) is 10.6 Å². The van der Waals surface area contributed by atoms with Crippen molar-refractivity contribution in [2.24, 2.45) is 0 Å². The Morgan fingerprint density at radius 1 is 1.33 bits per heavy atom. The highest BCUT2D eigenvalue weighted by atomic mass is 35.5. The normalized spacial score (nSPS) is 10.9. The molecule has 2 N–H and O–H groups in total. The number of carbonyl (C=O) groups excluding carboxylic acids is 1. The van der Waals surface area contributed by atoms with E-state index in [2.05, 4.69) is 5.32 Å². The van der Waals surface area contributed by atoms with Crippen LogP contribution in [0.3, 0.4) is 0 Å². The van der Waals surface area contributed by atoms with Gasteiger partial charge in [0.2, 0.25) is 0 Å². The van der Waals surface area contributed by atoms with Crippen molar-refractivity contribution in [3.8, 4) is 0 Å². The topological polar surface area (TPSA) is 75.6 Å². The fraction of sp³-hybridized carbons (Fsp3) is 0.333. The number of aromatic carboxylic acids is 1. The summed E-state index contributed by atoms with van der Waals surface area (Å²) in [5.41, 5.74) is -0.250. The average Bonchev–Trinajstić information content (AvgIpc) is 2.13. The summed E-state index contributed by atoms with van der Waals surface area (Å²) in [6.07, 6.45) is -0.623. The Morgan fingerprint density at radius 2 is 1.94 bits per heavy atom. The largest absolute Gasteiger partial charge is 0.478 e. The number of carboxylic acid groups (broad SMARTS) is 1. The fourth-order valence-electron chi connectivity index (χ4n) is 1.19. The lowest BCUT2D eigenvalue weighted by Gasteiger charge is -2.19. The van der Waals surface area contributed by atoms with Crippen molar-refractivity contribution in [3.63, 3.8) is 0 Å². The molecule has 0 atom stereocenters. The van der Waals surface area contributed by atoms with Gasteiger partial charge in [-0.3, -0.25) is 5.32 Å². The highest BCUT2D eigenvalue weighted by molar-refractivity contribution is 6.33. The van der Waals surface area contributed by atoms with Gasteiger partial charge in [0.25, 0.3) is 0 Å². The minimum Gasteiger partial charge on any atom is -0.478 e. The molecule has 0 fully saturated rings. The summed E-state index contributed by atoms with van der Waals surface area (Å²) < 4.78 is 5.05. The zero-order chi connectivity index (χ0) is 13.9. The van der Waals surface area contributed by atoms with E-state index in [1.807, 2.05) is 0 Å². The molecule has 0 unspecified atom stereocenters. The summed E-state index contributed by atoms with van der Waals surface area (Å²) >= 11 is 5.77. The molecular formula is C12H14ClNO4. The maximum atomic E-state index is 11.5. The molecule has 0 aliphatic carbocycles. The zero-order valence-electron chi connectivity index (χ0n) is 10.3. The Morgan fingerprint density at radius 3 is 2.39 bits per heavy atom. The highest BCUT2D eigenvalue weighted by Crippen LogP contribution is 2.21. The molecule has 0 saturated heterocycles. The van der Waals surface area contributed by atoms with Crippen LogP contribution in [0.15, 0.2) is 18.2 Å². The second kappa shape index (κ2) is 5.27. The van der Waals surface area contributed by atoms with Crippen LogP contribution in [0.2, 0.25) is 5.02 Å². The molecule has 5 nitrogen and oxygen atoms in total. The number of carboxylic acids is 1. The Labute approximate surface area is 110 Å². The van der Waals surface area contributed by atoms with E-state index in [1.165, 1.54) is 18.2 Å². The lowest BCUT2D eigenvalue weighted by Crippen LogP contribution is -2.27. The number of anilines is 1. The summed E-state index contributed by atoms with van der Waals surface area (Å²) in [4.78, 5) is 22.2. The average molecular weight is 272 g/mol. The van der Waals surface area contributed by atoms with Crippen LogP contribution in [0.4, 0.5) is 10.5 Å². The van der Waals surface area contributed by atoms with Crippen molar-refractivity contribution in [1.29, 1.82) is 0 Å². The molecule has 1 aromatic carbocycles. The van der Waals surface area contributed by atoms with Crippen molar-refractivity contribution >= 4 is 29.4 Å². The maximum absolute atomic E-state index is 11.5. The van der Waals surface area contributed by atoms with Gasteiger partial charge < -0.3 is 9.84 Å². The molecule has 1 rings (SSSR count). The molecule has 0 bridgehead atoms. The van der Waals surface area contributed by atoms with Gasteiger partial charge in [0.15, 0.2) is 0 Å². The summed E-state index contributed by atoms with van der Waals surface area (Å²) in [5, 5.41) is 11.3. The van der Waals surface area contributed by atoms with Gasteiger partial charge >= 0.3 is 12.1 Å². The molecule has 0 radical (unpaired) electrons. The fourth-order valence-corrected chi connectivity index (χ4v) is 1.45. The van der Waals surface area contributed by atoms with Gasteiger partial charge in [-0.15, -0.1) is 0 Å². The minimum absolute atomic E-state index is 0.0218. The molecule has 6 heteroatoms. The SMILES string of the molecule is CC(C)(C)OC(=O)Nc1ccc(C(=O)O)c(Cl)c1. The van der Waals surface area contributed by atoms with Gasteiger partial charge in [-0.2, -0.15) is 0 Å². The van der Waals surface area contributed by atoms with E-state index in [9.17, 15) is 9.59 Å². The molecule has 18 heavy (non-hydrogen) atoms. The summed E-state index contributed by atoms with van der Waals surface area (Å²) in [6, 6.07) is 4.12. The first-order valence-electron chi connectivity index (χ1n) is 5.22. The lowest BCUT2D eigenvalue weighted by molar-refractivity contribution is 0.0634. The van der Waals surface area contributed by atoms with E-state index < -0.39 is 17.7 Å². The van der Waals surface area contributed by atoms with Crippen LogP contribution in [0.25, 0.3) is 0 Å². The van der Waals surface area contributed by atoms with Crippen LogP contribution < -0.4 is 5.32 Å². The maximum Gasteiger partial charge on any atom is 0.412 e. The number of hydrogen-bond acceptors (Lipinski definition) is 3. The summed E-state index contributed by atoms with van der Waals surface area (Å²) in [7, 11) is 0. The molecule has 0 saturated carbocycles. The first-order chi connectivity index (χ1) is 8.19. The van der Waals surface area contributed by atoms with Crippen LogP contribution in [0, 0.1) is 0 Å². The first-order valence-corrected chi connectivity index (χ1v) is 5.60. The van der Waals surface area contributed by atoms with Gasteiger partial charge in [-0.25, -0.2) is 9.59 Å². The predicted octanol–water partition coefficient (Wildman–Crippen LogP) is 3.39. The van der Waals surface area contributed by atoms with Gasteiger partial charge in [0.1, 0.15) is 5.60 Å². The summed E-state index contributed by atoms with van der Waals surface area (Å²) in [6.45, 7) is 5.23. The second-order valence-corrected chi connectivity index (χ2v) is 5.03. The van der Waals surface area contributed by atoms with E-state index >= 15 is 0 Å². The number of halogens is 1. The minimum atomic E-state index is -1.12. The lowest BCUT2D eigenvalue weighted by atomic mass is 10.2. The standard InChI is InChI=1S/C12H14ClNO4/c1-12(2,3)18-11(17)14-7-4-5-8(10(15)16)9(13)6-7/h4-6H,1-3H3,(H,14,17)(H,15,16). The molecule has 0 aliphatic rings. The number of nitrogens with one attached hydrogen (secondary N) is 1. The van der Waals surface area contributed by atoms with Crippen molar-refractivity contribution in [1.82, 2.24) is 0 Å². The third kappa shape index (κ3) is 4.25. The van der Waals surface area contributed by atoms with Crippen LogP contribution >= 0.6 is 11.6 Å². The number of hydrogen-bond donors (Lipinski definition) is 2. The van der Waals surface area contributed by atoms with Crippen LogP contribution in [-0.2, 0) is 4.74 Å². The Hall–Kier alpha value is -1.75. The van der Waals surface area contributed by atoms with Gasteiger partial charge in [-0.1, -0.05) is 11.6 Å². The van der Waals surface area contributed by atoms with Crippen molar-refractivity contribution < 1.29 is 19.4 Å². The Kier molecular flexibility index (Phi) is 4.19. The van der Waals surface area contributed by atoms with Crippen molar-refractivity contribution in [2.75, 3.05) is 5.32 Å². The zero-order valence-corrected chi connectivity index (χ0v) is 11.0. The van der Waals surface area contributed by atoms with E-state index in [4.69, 9.17) is 21.4 Å². The first kappa shape index (κ1) is 14.3. The molecule has 0 aromatic heterocycles. The Balaban J connectivity index is 2.78. The van der Waals surface area contributed by atoms with E-state index in [1.54, 1.807) is 20.8 Å². The van der Waals surface area contributed by atoms with Crippen molar-refractivity contribution in [3.05, 3.63) is 28.8 Å². The van der Waals surface area contributed by atoms with Crippen LogP contribution in [0.5, 0.6) is 0 Å². The van der Waals surface area contributed by atoms with Crippen molar-refractivity contribution in [2.45, 2.75) is 26.4 Å². The smallest absolute Gasteiger partial charge is 0.412 e. The number of rotatable bonds is 2. The molecule has 0 aliphatic heterocycles. The quantitative estimate of drug-likeness (QED) is 0.864. The summed E-state index contributed by atoms with van der Waals surface area (Å²) in [5.74, 6) is -1.12. The third-order valence-corrected chi connectivity index (χ3v) is 2.16. The van der Waals surface area contributed by atoms with E-state index in [0.717, 1.165) is 0 Å². The van der Waals surface area contributed by atoms with Crippen LogP contribution in [-0.4, -0.2) is 22.8 Å². The predicted molar refractivity (Wildman–Crippen MR) is 68.3 cm³/mol. The van der Waals surface area contributed by atoms with E-state index in [-0.39, 0.29) is 10.6 Å². The van der Waals surface area contributed by atoms with Crippen LogP contribution in [0.1, 0.15) is 31.1 Å². The molecule has 0 heterocycles. The number of carbonyl (C=O) groups is 2. The molecule has 1 amide bonds. The molecular weight excluding hydrogens is 258 g/mol. The number of benzene rings is 1. The molecule has 98 valence electrons. The second-order valence-electron chi connectivity index (χ2n) is 4.63. The number of ether oxygens (including phenoxy) is 1.